The van der Waals surface area contributed by atoms with Crippen LogP contribution in [0.1, 0.15) is 12.5 Å². The van der Waals surface area contributed by atoms with Crippen LogP contribution in [0, 0.1) is 11.6 Å². The van der Waals surface area contributed by atoms with Crippen LogP contribution >= 0.6 is 11.6 Å². The van der Waals surface area contributed by atoms with Crippen molar-refractivity contribution < 1.29 is 13.9 Å². The van der Waals surface area contributed by atoms with Gasteiger partial charge >= 0.3 is 0 Å². The number of hydrogen-bond donors (Lipinski definition) is 1. The predicted molar refractivity (Wildman–Crippen MR) is 46.8 cm³/mol. The molecule has 72 valence electrons. The van der Waals surface area contributed by atoms with Crippen molar-refractivity contribution in [3.8, 4) is 0 Å². The number of rotatable bonds is 2. The fourth-order valence-electron chi connectivity index (χ4n) is 1.04. The van der Waals surface area contributed by atoms with Gasteiger partial charge in [-0.3, -0.25) is 0 Å². The molecule has 0 spiro atoms. The van der Waals surface area contributed by atoms with Gasteiger partial charge in [-0.1, -0.05) is 17.7 Å². The van der Waals surface area contributed by atoms with Crippen LogP contribution in [0.2, 0.25) is 5.02 Å². The molecule has 0 radical (unpaired) electrons. The largest absolute Gasteiger partial charge is 0.393 e. The van der Waals surface area contributed by atoms with Gasteiger partial charge in [0.05, 0.1) is 11.1 Å². The normalized spacial score (nSPS) is 13.0. The summed E-state index contributed by atoms with van der Waals surface area (Å²) in [5.74, 6) is -2.03. The standard InChI is InChI=1S/C9H9ClF2O/c1-5(13)4-6-2-3-7(11)9(12)8(6)10/h2-3,5,13H,4H2,1H3. The van der Waals surface area contributed by atoms with E-state index in [1.807, 2.05) is 0 Å². The summed E-state index contributed by atoms with van der Waals surface area (Å²) in [5, 5.41) is 8.77. The zero-order valence-electron chi connectivity index (χ0n) is 7.02. The van der Waals surface area contributed by atoms with Gasteiger partial charge in [-0.2, -0.15) is 0 Å². The number of benzene rings is 1. The summed E-state index contributed by atoms with van der Waals surface area (Å²) in [7, 11) is 0. The first-order chi connectivity index (χ1) is 6.02. The van der Waals surface area contributed by atoms with Crippen LogP contribution in [0.4, 0.5) is 8.78 Å². The highest BCUT2D eigenvalue weighted by Gasteiger charge is 2.12. The van der Waals surface area contributed by atoms with Gasteiger partial charge in [0.15, 0.2) is 11.6 Å². The van der Waals surface area contributed by atoms with Crippen molar-refractivity contribution in [2.45, 2.75) is 19.4 Å². The average Bonchev–Trinajstić information content (AvgIpc) is 2.06. The first-order valence-corrected chi connectivity index (χ1v) is 4.20. The monoisotopic (exact) mass is 206 g/mol. The molecule has 1 rings (SSSR count). The Morgan fingerprint density at radius 1 is 1.46 bits per heavy atom. The molecule has 1 nitrogen and oxygen atoms in total. The number of halogens is 3. The Kier molecular flexibility index (Phi) is 3.22. The van der Waals surface area contributed by atoms with Crippen molar-refractivity contribution in [3.63, 3.8) is 0 Å². The van der Waals surface area contributed by atoms with Gasteiger partial charge in [0.1, 0.15) is 0 Å². The van der Waals surface area contributed by atoms with E-state index in [-0.39, 0.29) is 11.4 Å². The Bertz CT molecular complexity index is 313. The van der Waals surface area contributed by atoms with E-state index in [1.54, 1.807) is 6.92 Å². The maximum Gasteiger partial charge on any atom is 0.177 e. The van der Waals surface area contributed by atoms with Crippen LogP contribution in [0.3, 0.4) is 0 Å². The average molecular weight is 207 g/mol. The summed E-state index contributed by atoms with van der Waals surface area (Å²) >= 11 is 5.52. The third-order valence-corrected chi connectivity index (χ3v) is 2.04. The molecular weight excluding hydrogens is 198 g/mol. The van der Waals surface area contributed by atoms with Crippen LogP contribution in [-0.2, 0) is 6.42 Å². The van der Waals surface area contributed by atoms with Crippen LogP contribution in [0.5, 0.6) is 0 Å². The molecule has 0 fully saturated rings. The van der Waals surface area contributed by atoms with E-state index in [2.05, 4.69) is 0 Å². The Labute approximate surface area is 80.0 Å². The van der Waals surface area contributed by atoms with Crippen molar-refractivity contribution >= 4 is 11.6 Å². The Morgan fingerprint density at radius 3 is 2.62 bits per heavy atom. The highest BCUT2D eigenvalue weighted by molar-refractivity contribution is 6.31. The van der Waals surface area contributed by atoms with Crippen molar-refractivity contribution in [2.75, 3.05) is 0 Å². The van der Waals surface area contributed by atoms with Crippen molar-refractivity contribution in [2.24, 2.45) is 0 Å². The van der Waals surface area contributed by atoms with Gasteiger partial charge < -0.3 is 5.11 Å². The first-order valence-electron chi connectivity index (χ1n) is 3.82. The van der Waals surface area contributed by atoms with Crippen LogP contribution in [-0.4, -0.2) is 11.2 Å². The zero-order chi connectivity index (χ0) is 10.0. The SMILES string of the molecule is CC(O)Cc1ccc(F)c(F)c1Cl. The Balaban J connectivity index is 3.04. The lowest BCUT2D eigenvalue weighted by Crippen LogP contribution is -2.05. The smallest absolute Gasteiger partial charge is 0.177 e. The summed E-state index contributed by atoms with van der Waals surface area (Å²) < 4.78 is 25.4. The van der Waals surface area contributed by atoms with E-state index in [1.165, 1.54) is 6.07 Å². The molecule has 0 aliphatic rings. The third kappa shape index (κ3) is 2.39. The van der Waals surface area contributed by atoms with Gasteiger partial charge in [0.25, 0.3) is 0 Å². The van der Waals surface area contributed by atoms with Crippen molar-refractivity contribution in [3.05, 3.63) is 34.4 Å². The minimum Gasteiger partial charge on any atom is -0.393 e. The molecule has 0 bridgehead atoms. The summed E-state index contributed by atoms with van der Waals surface area (Å²) in [6, 6.07) is 2.37. The zero-order valence-corrected chi connectivity index (χ0v) is 7.78. The van der Waals surface area contributed by atoms with Gasteiger partial charge in [0.2, 0.25) is 0 Å². The molecule has 0 saturated heterocycles. The van der Waals surface area contributed by atoms with E-state index < -0.39 is 17.7 Å². The first kappa shape index (κ1) is 10.4. The highest BCUT2D eigenvalue weighted by atomic mass is 35.5. The maximum atomic E-state index is 12.9. The predicted octanol–water partition coefficient (Wildman–Crippen LogP) is 2.54. The second kappa shape index (κ2) is 4.03. The minimum atomic E-state index is -1.06. The van der Waals surface area contributed by atoms with E-state index >= 15 is 0 Å². The minimum absolute atomic E-state index is 0.218. The molecule has 0 heterocycles. The number of aliphatic hydroxyl groups is 1. The van der Waals surface area contributed by atoms with E-state index in [0.717, 1.165) is 6.07 Å². The molecule has 0 aromatic heterocycles. The molecule has 0 saturated carbocycles. The van der Waals surface area contributed by atoms with E-state index in [4.69, 9.17) is 16.7 Å². The van der Waals surface area contributed by atoms with Crippen LogP contribution in [0.25, 0.3) is 0 Å². The lowest BCUT2D eigenvalue weighted by molar-refractivity contribution is 0.195. The summed E-state index contributed by atoms with van der Waals surface area (Å²) in [5.41, 5.74) is 0.413. The third-order valence-electron chi connectivity index (χ3n) is 1.63. The molecule has 0 amide bonds. The van der Waals surface area contributed by atoms with Crippen molar-refractivity contribution in [1.29, 1.82) is 0 Å². The molecular formula is C9H9ClF2O. The highest BCUT2D eigenvalue weighted by Crippen LogP contribution is 2.23. The quantitative estimate of drug-likeness (QED) is 0.738. The van der Waals surface area contributed by atoms with E-state index in [9.17, 15) is 8.78 Å². The summed E-state index contributed by atoms with van der Waals surface area (Å²) in [4.78, 5) is 0. The molecule has 4 heteroatoms. The second-order valence-corrected chi connectivity index (χ2v) is 3.27. The van der Waals surface area contributed by atoms with Gasteiger partial charge in [0, 0.05) is 0 Å². The fourth-order valence-corrected chi connectivity index (χ4v) is 1.27. The number of aliphatic hydroxyl groups excluding tert-OH is 1. The van der Waals surface area contributed by atoms with E-state index in [0.29, 0.717) is 5.56 Å². The molecule has 1 aromatic rings. The van der Waals surface area contributed by atoms with Gasteiger partial charge in [-0.25, -0.2) is 8.78 Å². The maximum absolute atomic E-state index is 12.9. The Morgan fingerprint density at radius 2 is 2.08 bits per heavy atom. The summed E-state index contributed by atoms with van der Waals surface area (Å²) in [6.45, 7) is 1.55. The lowest BCUT2D eigenvalue weighted by Gasteiger charge is -2.07. The van der Waals surface area contributed by atoms with Gasteiger partial charge in [-0.05, 0) is 25.0 Å². The number of hydrogen-bond acceptors (Lipinski definition) is 1. The van der Waals surface area contributed by atoms with Crippen LogP contribution < -0.4 is 0 Å². The molecule has 0 aliphatic carbocycles. The Hall–Kier alpha value is -0.670. The molecule has 1 N–H and O–H groups in total. The van der Waals surface area contributed by atoms with Crippen LogP contribution in [0.15, 0.2) is 12.1 Å². The lowest BCUT2D eigenvalue weighted by atomic mass is 10.1. The summed E-state index contributed by atoms with van der Waals surface area (Å²) in [6.07, 6.45) is -0.405. The topological polar surface area (TPSA) is 20.2 Å². The molecule has 1 atom stereocenters. The molecule has 1 unspecified atom stereocenters. The second-order valence-electron chi connectivity index (χ2n) is 2.89. The van der Waals surface area contributed by atoms with Crippen molar-refractivity contribution in [1.82, 2.24) is 0 Å². The fraction of sp³-hybridized carbons (Fsp3) is 0.333. The van der Waals surface area contributed by atoms with Gasteiger partial charge in [-0.15, -0.1) is 0 Å². The molecule has 13 heavy (non-hydrogen) atoms. The molecule has 1 aromatic carbocycles. The molecule has 0 aliphatic heterocycles.